The van der Waals surface area contributed by atoms with Crippen molar-refractivity contribution in [2.45, 2.75) is 6.10 Å². The van der Waals surface area contributed by atoms with E-state index in [1.165, 1.54) is 0 Å². The van der Waals surface area contributed by atoms with E-state index in [-0.39, 0.29) is 32.7 Å². The van der Waals surface area contributed by atoms with Gasteiger partial charge in [0.2, 0.25) is 5.78 Å². The topological polar surface area (TPSA) is 77.8 Å². The molecule has 0 saturated carbocycles. The largest absolute Gasteiger partial charge is 0.508 e. The van der Waals surface area contributed by atoms with E-state index < -0.39 is 11.9 Å². The monoisotopic (exact) mass is 260 g/mol. The third-order valence-electron chi connectivity index (χ3n) is 2.35. The average molecular weight is 261 g/mol. The average Bonchev–Trinajstić information content (AvgIpc) is 2.26. The highest BCUT2D eigenvalue weighted by Gasteiger charge is 2.35. The Bertz CT molecular complexity index is 522. The summed E-state index contributed by atoms with van der Waals surface area (Å²) in [7, 11) is 0. The molecule has 1 atom stereocenters. The lowest BCUT2D eigenvalue weighted by Gasteiger charge is -2.22. The molecule has 1 aromatic rings. The van der Waals surface area contributed by atoms with Crippen LogP contribution in [-0.2, 0) is 0 Å². The minimum atomic E-state index is -1.41. The zero-order valence-corrected chi connectivity index (χ0v) is 9.25. The number of phenolic OH excluding ortho intramolecular Hbond substituents is 2. The van der Waals surface area contributed by atoms with Gasteiger partial charge in [-0.25, -0.2) is 0 Å². The van der Waals surface area contributed by atoms with E-state index in [0.717, 1.165) is 12.1 Å². The first-order valence-electron chi connectivity index (χ1n) is 4.28. The second-order valence-electron chi connectivity index (χ2n) is 3.29. The van der Waals surface area contributed by atoms with Crippen molar-refractivity contribution in [2.24, 2.45) is 0 Å². The first kappa shape index (κ1) is 11.3. The number of rotatable bonds is 0. The summed E-state index contributed by atoms with van der Waals surface area (Å²) in [6.45, 7) is 0. The second-order valence-corrected chi connectivity index (χ2v) is 4.07. The predicted molar refractivity (Wildman–Crippen MR) is 57.8 cm³/mol. The van der Waals surface area contributed by atoms with Gasteiger partial charge < -0.3 is 15.3 Å². The highest BCUT2D eigenvalue weighted by atomic mass is 35.5. The molecule has 1 unspecified atom stereocenters. The van der Waals surface area contributed by atoms with Crippen LogP contribution in [-0.4, -0.2) is 21.1 Å². The lowest BCUT2D eigenvalue weighted by Crippen LogP contribution is -2.16. The van der Waals surface area contributed by atoms with Crippen LogP contribution in [0.4, 0.5) is 0 Å². The van der Waals surface area contributed by atoms with E-state index in [1.54, 1.807) is 0 Å². The zero-order chi connectivity index (χ0) is 12.0. The quantitative estimate of drug-likeness (QED) is 0.624. The number of aliphatic hydroxyl groups is 1. The maximum atomic E-state index is 11.7. The van der Waals surface area contributed by atoms with E-state index in [9.17, 15) is 20.1 Å². The fourth-order valence-corrected chi connectivity index (χ4v) is 1.97. The third-order valence-corrected chi connectivity index (χ3v) is 3.22. The van der Waals surface area contributed by atoms with Crippen LogP contribution in [0.2, 0.25) is 0 Å². The van der Waals surface area contributed by atoms with Gasteiger partial charge in [0, 0.05) is 5.56 Å². The lowest BCUT2D eigenvalue weighted by atomic mass is 9.91. The van der Waals surface area contributed by atoms with Crippen LogP contribution in [0.15, 0.2) is 22.2 Å². The molecule has 84 valence electrons. The molecular weight excluding hydrogens is 255 g/mol. The maximum Gasteiger partial charge on any atom is 0.209 e. The van der Waals surface area contributed by atoms with Gasteiger partial charge in [0.25, 0.3) is 0 Å². The fourth-order valence-electron chi connectivity index (χ4n) is 1.58. The van der Waals surface area contributed by atoms with Crippen LogP contribution >= 0.6 is 23.2 Å². The lowest BCUT2D eigenvalue weighted by molar-refractivity contribution is 0.102. The number of allylic oxidation sites excluding steroid dienone is 1. The van der Waals surface area contributed by atoms with Gasteiger partial charge >= 0.3 is 0 Å². The first-order chi connectivity index (χ1) is 7.45. The Kier molecular flexibility index (Phi) is 2.58. The van der Waals surface area contributed by atoms with E-state index in [1.807, 2.05) is 0 Å². The predicted octanol–water partition coefficient (Wildman–Crippen LogP) is 2.02. The molecule has 6 heteroatoms. The standard InChI is InChI=1S/C10H6Cl2O4/c11-7-8(12)10(16)6-4(14)2-1-3(13)5(6)9(7)15/h1-2,9,13-15H. The highest BCUT2D eigenvalue weighted by Crippen LogP contribution is 2.44. The van der Waals surface area contributed by atoms with Crippen LogP contribution in [0.5, 0.6) is 11.5 Å². The molecule has 3 N–H and O–H groups in total. The van der Waals surface area contributed by atoms with Crippen LogP contribution in [0, 0.1) is 0 Å². The molecule has 0 aromatic heterocycles. The Labute approximate surface area is 100 Å². The molecule has 1 aliphatic carbocycles. The zero-order valence-electron chi connectivity index (χ0n) is 7.74. The van der Waals surface area contributed by atoms with Crippen molar-refractivity contribution < 1.29 is 20.1 Å². The molecule has 4 nitrogen and oxygen atoms in total. The van der Waals surface area contributed by atoms with Gasteiger partial charge in [-0.1, -0.05) is 23.2 Å². The molecule has 0 heterocycles. The minimum Gasteiger partial charge on any atom is -0.508 e. The van der Waals surface area contributed by atoms with Gasteiger partial charge in [0.15, 0.2) is 0 Å². The summed E-state index contributed by atoms with van der Waals surface area (Å²) in [6, 6.07) is 2.30. The molecule has 0 spiro atoms. The molecule has 1 aliphatic rings. The summed E-state index contributed by atoms with van der Waals surface area (Å²) >= 11 is 11.3. The molecule has 0 fully saturated rings. The molecular formula is C10H6Cl2O4. The van der Waals surface area contributed by atoms with Crippen molar-refractivity contribution in [1.29, 1.82) is 0 Å². The molecule has 1 aromatic carbocycles. The maximum absolute atomic E-state index is 11.7. The number of Topliss-reactive ketones (excluding diaryl/α,β-unsaturated/α-hetero) is 1. The van der Waals surface area contributed by atoms with Crippen molar-refractivity contribution >= 4 is 29.0 Å². The summed E-state index contributed by atoms with van der Waals surface area (Å²) in [5.41, 5.74) is -0.346. The molecule has 16 heavy (non-hydrogen) atoms. The molecule has 0 radical (unpaired) electrons. The number of hydrogen-bond donors (Lipinski definition) is 3. The number of carbonyl (C=O) groups is 1. The molecule has 2 rings (SSSR count). The number of aromatic hydroxyl groups is 2. The Hall–Kier alpha value is -1.23. The first-order valence-corrected chi connectivity index (χ1v) is 5.03. The molecule has 0 aliphatic heterocycles. The Morgan fingerprint density at radius 3 is 2.31 bits per heavy atom. The van der Waals surface area contributed by atoms with Crippen molar-refractivity contribution in [3.05, 3.63) is 33.3 Å². The summed E-state index contributed by atoms with van der Waals surface area (Å²) in [4.78, 5) is 11.7. The number of benzene rings is 1. The van der Waals surface area contributed by atoms with Crippen molar-refractivity contribution in [2.75, 3.05) is 0 Å². The van der Waals surface area contributed by atoms with Gasteiger partial charge in [0.1, 0.15) is 22.6 Å². The number of halogens is 2. The van der Waals surface area contributed by atoms with Crippen LogP contribution < -0.4 is 0 Å². The van der Waals surface area contributed by atoms with E-state index >= 15 is 0 Å². The number of fused-ring (bicyclic) bond motifs is 1. The van der Waals surface area contributed by atoms with Crippen LogP contribution in [0.1, 0.15) is 22.0 Å². The molecule has 0 saturated heterocycles. The number of phenols is 2. The third kappa shape index (κ3) is 1.38. The van der Waals surface area contributed by atoms with Crippen LogP contribution in [0.25, 0.3) is 0 Å². The van der Waals surface area contributed by atoms with Crippen molar-refractivity contribution in [3.63, 3.8) is 0 Å². The van der Waals surface area contributed by atoms with Gasteiger partial charge in [-0.2, -0.15) is 0 Å². The van der Waals surface area contributed by atoms with Gasteiger partial charge in [0.05, 0.1) is 10.6 Å². The number of hydrogen-bond acceptors (Lipinski definition) is 4. The minimum absolute atomic E-state index is 0.126. The second kappa shape index (κ2) is 3.66. The van der Waals surface area contributed by atoms with E-state index in [2.05, 4.69) is 0 Å². The smallest absolute Gasteiger partial charge is 0.209 e. The fraction of sp³-hybridized carbons (Fsp3) is 0.100. The summed E-state index contributed by atoms with van der Waals surface area (Å²) in [6.07, 6.45) is -1.41. The Morgan fingerprint density at radius 2 is 1.69 bits per heavy atom. The number of carbonyl (C=O) groups excluding carboxylic acids is 1. The summed E-state index contributed by atoms with van der Waals surface area (Å²) in [5.74, 6) is -1.41. The SMILES string of the molecule is O=C1C(Cl)=C(Cl)C(O)c2c(O)ccc(O)c21. The van der Waals surface area contributed by atoms with Gasteiger partial charge in [-0.15, -0.1) is 0 Å². The van der Waals surface area contributed by atoms with Gasteiger partial charge in [-0.05, 0) is 12.1 Å². The molecule has 0 bridgehead atoms. The van der Waals surface area contributed by atoms with Crippen LogP contribution in [0.3, 0.4) is 0 Å². The van der Waals surface area contributed by atoms with E-state index in [0.29, 0.717) is 0 Å². The summed E-state index contributed by atoms with van der Waals surface area (Å²) in [5, 5.41) is 28.1. The van der Waals surface area contributed by atoms with Gasteiger partial charge in [-0.3, -0.25) is 4.79 Å². The molecule has 0 amide bonds. The Balaban J connectivity index is 2.80. The van der Waals surface area contributed by atoms with Crippen molar-refractivity contribution in [1.82, 2.24) is 0 Å². The van der Waals surface area contributed by atoms with E-state index in [4.69, 9.17) is 23.2 Å². The Morgan fingerprint density at radius 1 is 1.12 bits per heavy atom. The highest BCUT2D eigenvalue weighted by molar-refractivity contribution is 6.51. The normalized spacial score (nSPS) is 19.9. The summed E-state index contributed by atoms with van der Waals surface area (Å²) < 4.78 is 0. The van der Waals surface area contributed by atoms with Crippen molar-refractivity contribution in [3.8, 4) is 11.5 Å². The number of aliphatic hydroxyl groups excluding tert-OH is 1. The number of ketones is 1.